The number of nitro groups is 1. The number of hydrogen-bond acceptors (Lipinski definition) is 7. The number of azo groups is 1. The number of benzene rings is 2. The molecule has 0 heterocycles. The maximum Gasteiger partial charge on any atom is 0.273 e. The van der Waals surface area contributed by atoms with E-state index < -0.39 is 4.92 Å². The molecule has 8 heteroatoms. The molecular formula is C15H16N4O4. The van der Waals surface area contributed by atoms with Crippen molar-refractivity contribution in [2.75, 3.05) is 26.1 Å². The summed E-state index contributed by atoms with van der Waals surface area (Å²) in [4.78, 5) is 12.0. The Balaban J connectivity index is 2.31. The number of nitrogens with zero attached hydrogens (tertiary/aromatic N) is 4. The van der Waals surface area contributed by atoms with Crippen LogP contribution in [0.5, 0.6) is 11.5 Å². The van der Waals surface area contributed by atoms with Crippen LogP contribution in [0.3, 0.4) is 0 Å². The number of aromatic hydroxyl groups is 1. The zero-order valence-electron chi connectivity index (χ0n) is 12.9. The first-order valence-corrected chi connectivity index (χ1v) is 6.67. The predicted octanol–water partition coefficient (Wildman–Crippen LogP) is 3.79. The van der Waals surface area contributed by atoms with Crippen LogP contribution in [0.15, 0.2) is 46.6 Å². The van der Waals surface area contributed by atoms with Gasteiger partial charge in [0.15, 0.2) is 0 Å². The first kappa shape index (κ1) is 16.2. The molecule has 0 spiro atoms. The third-order valence-corrected chi connectivity index (χ3v) is 3.11. The van der Waals surface area contributed by atoms with E-state index in [1.54, 1.807) is 6.07 Å². The van der Waals surface area contributed by atoms with Crippen molar-refractivity contribution in [2.45, 2.75) is 0 Å². The van der Waals surface area contributed by atoms with Gasteiger partial charge in [-0.1, -0.05) is 0 Å². The van der Waals surface area contributed by atoms with Gasteiger partial charge in [-0.2, -0.15) is 0 Å². The van der Waals surface area contributed by atoms with Crippen LogP contribution in [0.1, 0.15) is 0 Å². The summed E-state index contributed by atoms with van der Waals surface area (Å²) in [6, 6.07) is 9.01. The van der Waals surface area contributed by atoms with E-state index >= 15 is 0 Å². The van der Waals surface area contributed by atoms with Gasteiger partial charge in [-0.15, -0.1) is 10.2 Å². The van der Waals surface area contributed by atoms with Crippen LogP contribution in [0.4, 0.5) is 22.7 Å². The van der Waals surface area contributed by atoms with E-state index in [-0.39, 0.29) is 17.1 Å². The van der Waals surface area contributed by atoms with Crippen molar-refractivity contribution in [1.29, 1.82) is 0 Å². The monoisotopic (exact) mass is 316 g/mol. The molecule has 0 fully saturated rings. The van der Waals surface area contributed by atoms with E-state index in [1.165, 1.54) is 19.2 Å². The Morgan fingerprint density at radius 1 is 1.13 bits per heavy atom. The van der Waals surface area contributed by atoms with Gasteiger partial charge in [-0.25, -0.2) is 0 Å². The molecule has 1 N–H and O–H groups in total. The molecule has 0 aliphatic carbocycles. The smallest absolute Gasteiger partial charge is 0.273 e. The molecule has 0 amide bonds. The highest BCUT2D eigenvalue weighted by Gasteiger charge is 2.10. The van der Waals surface area contributed by atoms with Crippen molar-refractivity contribution in [3.8, 4) is 11.5 Å². The average Bonchev–Trinajstić information content (AvgIpc) is 2.53. The Kier molecular flexibility index (Phi) is 4.75. The first-order chi connectivity index (χ1) is 10.9. The Morgan fingerprint density at radius 3 is 2.35 bits per heavy atom. The minimum atomic E-state index is -0.594. The van der Waals surface area contributed by atoms with Gasteiger partial charge in [-0.3, -0.25) is 10.1 Å². The van der Waals surface area contributed by atoms with Crippen molar-refractivity contribution in [3.63, 3.8) is 0 Å². The molecule has 0 aliphatic rings. The average molecular weight is 316 g/mol. The summed E-state index contributed by atoms with van der Waals surface area (Å²) in [6.07, 6.45) is 0. The van der Waals surface area contributed by atoms with Gasteiger partial charge in [0.1, 0.15) is 22.9 Å². The molecule has 0 atom stereocenters. The molecular weight excluding hydrogens is 300 g/mol. The molecule has 0 aliphatic heterocycles. The second-order valence-electron chi connectivity index (χ2n) is 4.88. The number of ether oxygens (including phenoxy) is 1. The van der Waals surface area contributed by atoms with E-state index in [1.807, 2.05) is 31.1 Å². The maximum absolute atomic E-state index is 10.6. The highest BCUT2D eigenvalue weighted by atomic mass is 16.6. The van der Waals surface area contributed by atoms with Gasteiger partial charge in [0.05, 0.1) is 18.1 Å². The predicted molar refractivity (Wildman–Crippen MR) is 86.3 cm³/mol. The summed E-state index contributed by atoms with van der Waals surface area (Å²) in [5.41, 5.74) is 1.35. The third-order valence-electron chi connectivity index (χ3n) is 3.11. The number of anilines is 1. The molecule has 2 rings (SSSR count). The Bertz CT molecular complexity index is 759. The van der Waals surface area contributed by atoms with E-state index in [0.29, 0.717) is 11.4 Å². The zero-order valence-corrected chi connectivity index (χ0v) is 12.9. The van der Waals surface area contributed by atoms with Crippen LogP contribution in [0.25, 0.3) is 0 Å². The fraction of sp³-hybridized carbons (Fsp3) is 0.200. The van der Waals surface area contributed by atoms with Crippen molar-refractivity contribution in [3.05, 3.63) is 46.5 Å². The summed E-state index contributed by atoms with van der Waals surface area (Å²) in [7, 11) is 5.34. The summed E-state index contributed by atoms with van der Waals surface area (Å²) in [5, 5.41) is 28.4. The molecule has 0 unspecified atom stereocenters. The number of methoxy groups -OCH3 is 1. The summed E-state index contributed by atoms with van der Waals surface area (Å²) >= 11 is 0. The lowest BCUT2D eigenvalue weighted by Crippen LogP contribution is -2.08. The highest BCUT2D eigenvalue weighted by Crippen LogP contribution is 2.35. The van der Waals surface area contributed by atoms with Crippen molar-refractivity contribution in [2.24, 2.45) is 10.2 Å². The fourth-order valence-electron chi connectivity index (χ4n) is 1.84. The van der Waals surface area contributed by atoms with Crippen LogP contribution in [-0.4, -0.2) is 31.2 Å². The fourth-order valence-corrected chi connectivity index (χ4v) is 1.84. The minimum Gasteiger partial charge on any atom is -0.505 e. The first-order valence-electron chi connectivity index (χ1n) is 6.67. The summed E-state index contributed by atoms with van der Waals surface area (Å²) < 4.78 is 5.27. The largest absolute Gasteiger partial charge is 0.505 e. The molecule has 0 aromatic heterocycles. The van der Waals surface area contributed by atoms with Gasteiger partial charge >= 0.3 is 0 Å². The number of phenolic OH excluding ortho intramolecular Hbond substituents is 1. The molecule has 2 aromatic rings. The quantitative estimate of drug-likeness (QED) is 0.514. The lowest BCUT2D eigenvalue weighted by atomic mass is 10.2. The molecule has 120 valence electrons. The van der Waals surface area contributed by atoms with Gasteiger partial charge in [-0.05, 0) is 18.2 Å². The third kappa shape index (κ3) is 3.73. The lowest BCUT2D eigenvalue weighted by Gasteiger charge is -2.14. The van der Waals surface area contributed by atoms with E-state index in [4.69, 9.17) is 4.74 Å². The van der Waals surface area contributed by atoms with Crippen LogP contribution >= 0.6 is 0 Å². The standard InChI is InChI=1S/C15H16N4O4/c1-18(2)10-4-7-13(15(9-10)23-3)17-16-12-6-5-11(19(21)22)8-14(12)20/h4-9,20H,1-3H3. The molecule has 0 bridgehead atoms. The zero-order chi connectivity index (χ0) is 17.0. The second-order valence-corrected chi connectivity index (χ2v) is 4.88. The Hall–Kier alpha value is -3.16. The maximum atomic E-state index is 10.6. The molecule has 23 heavy (non-hydrogen) atoms. The van der Waals surface area contributed by atoms with Gasteiger partial charge in [0.2, 0.25) is 0 Å². The molecule has 0 saturated carbocycles. The molecule has 8 nitrogen and oxygen atoms in total. The summed E-state index contributed by atoms with van der Waals surface area (Å²) in [5.74, 6) is 0.216. The van der Waals surface area contributed by atoms with Crippen LogP contribution in [0, 0.1) is 10.1 Å². The van der Waals surface area contributed by atoms with Crippen LogP contribution < -0.4 is 9.64 Å². The summed E-state index contributed by atoms with van der Waals surface area (Å²) in [6.45, 7) is 0. The lowest BCUT2D eigenvalue weighted by molar-refractivity contribution is -0.384. The molecule has 0 radical (unpaired) electrons. The highest BCUT2D eigenvalue weighted by molar-refractivity contribution is 5.62. The van der Waals surface area contributed by atoms with Crippen molar-refractivity contribution < 1.29 is 14.8 Å². The second kappa shape index (κ2) is 6.73. The number of phenols is 1. The molecule has 0 saturated heterocycles. The Labute approximate surface area is 132 Å². The number of nitro benzene ring substituents is 1. The van der Waals surface area contributed by atoms with Crippen LogP contribution in [0.2, 0.25) is 0 Å². The van der Waals surface area contributed by atoms with Crippen molar-refractivity contribution >= 4 is 22.7 Å². The van der Waals surface area contributed by atoms with E-state index in [0.717, 1.165) is 11.8 Å². The van der Waals surface area contributed by atoms with Crippen molar-refractivity contribution in [1.82, 2.24) is 0 Å². The number of hydrogen-bond donors (Lipinski definition) is 1. The van der Waals surface area contributed by atoms with Gasteiger partial charge in [0, 0.05) is 31.9 Å². The number of non-ortho nitro benzene ring substituents is 1. The normalized spacial score (nSPS) is 10.7. The Morgan fingerprint density at radius 2 is 1.78 bits per heavy atom. The minimum absolute atomic E-state index is 0.134. The van der Waals surface area contributed by atoms with Gasteiger partial charge < -0.3 is 14.7 Å². The topological polar surface area (TPSA) is 101 Å². The SMILES string of the molecule is COc1cc(N(C)C)ccc1N=Nc1ccc([N+](=O)[O-])cc1O. The van der Waals surface area contributed by atoms with E-state index in [2.05, 4.69) is 10.2 Å². The molecule has 2 aromatic carbocycles. The van der Waals surface area contributed by atoms with E-state index in [9.17, 15) is 15.2 Å². The van der Waals surface area contributed by atoms with Crippen LogP contribution in [-0.2, 0) is 0 Å². The van der Waals surface area contributed by atoms with Gasteiger partial charge in [0.25, 0.3) is 5.69 Å². The number of rotatable bonds is 5.